The number of hydrogen-bond donors (Lipinski definition) is 0. The molecule has 1 heterocycles. The molecule has 0 aliphatic heterocycles. The van der Waals surface area contributed by atoms with Gasteiger partial charge in [-0.05, 0) is 0 Å². The van der Waals surface area contributed by atoms with Gasteiger partial charge in [-0.3, -0.25) is 9.13 Å². The second-order valence-electron chi connectivity index (χ2n) is 4.97. The minimum atomic E-state index is 0.776. The van der Waals surface area contributed by atoms with Crippen molar-refractivity contribution in [2.45, 2.75) is 38.4 Å². The summed E-state index contributed by atoms with van der Waals surface area (Å²) in [6.07, 6.45) is 9.84. The van der Waals surface area contributed by atoms with Crippen LogP contribution in [0.25, 0.3) is 0 Å². The third kappa shape index (κ3) is 2.27. The van der Waals surface area contributed by atoms with Crippen molar-refractivity contribution in [2.75, 3.05) is 0 Å². The van der Waals surface area contributed by atoms with E-state index < -0.39 is 0 Å². The first-order chi connectivity index (χ1) is 7.18. The monoisotopic (exact) mass is 204 g/mol. The lowest BCUT2D eigenvalue weighted by Gasteiger charge is -2.36. The van der Waals surface area contributed by atoms with Gasteiger partial charge in [0.1, 0.15) is 12.4 Å². The number of rotatable bonds is 2. The Kier molecular flexibility index (Phi) is 3.18. The molecular weight excluding hydrogens is 183 g/mol. The van der Waals surface area contributed by atoms with Gasteiger partial charge in [0.15, 0.2) is 0 Å². The Hall–Kier alpha value is -0.725. The van der Waals surface area contributed by atoms with Crippen molar-refractivity contribution in [1.29, 1.82) is 0 Å². The van der Waals surface area contributed by atoms with Crippen molar-refractivity contribution in [3.8, 4) is 0 Å². The fourth-order valence-corrected chi connectivity index (χ4v) is 2.62. The molecule has 1 aliphatic carbocycles. The van der Waals surface area contributed by atoms with Gasteiger partial charge in [-0.15, -0.1) is 0 Å². The molecule has 0 saturated heterocycles. The molecule has 0 aromatic carbocycles. The molecule has 2 atom stereocenters. The number of aryl methyl sites for hydroxylation is 2. The van der Waals surface area contributed by atoms with Gasteiger partial charge in [0, 0.05) is 5.72 Å². The van der Waals surface area contributed by atoms with Gasteiger partial charge in [-0.25, -0.2) is 5.82 Å². The van der Waals surface area contributed by atoms with E-state index in [1.54, 1.807) is 0 Å². The predicted octanol–water partition coefficient (Wildman–Crippen LogP) is 1.18. The van der Waals surface area contributed by atoms with Crippen LogP contribution in [0.2, 0.25) is 5.82 Å². The molecule has 1 aromatic rings. The van der Waals surface area contributed by atoms with E-state index in [-0.39, 0.29) is 0 Å². The summed E-state index contributed by atoms with van der Waals surface area (Å²) in [5, 5.41) is 0. The van der Waals surface area contributed by atoms with Crippen molar-refractivity contribution in [3.05, 3.63) is 12.4 Å². The number of nitrogens with zero attached hydrogens (tertiary/aromatic N) is 2. The molecule has 1 fully saturated rings. The Morgan fingerprint density at radius 1 is 1.40 bits per heavy atom. The zero-order valence-electron chi connectivity index (χ0n) is 10.1. The molecule has 1 aliphatic rings. The van der Waals surface area contributed by atoms with Gasteiger partial charge in [0.05, 0.1) is 14.1 Å². The van der Waals surface area contributed by atoms with Crippen molar-refractivity contribution in [2.24, 2.45) is 20.0 Å². The summed E-state index contributed by atoms with van der Waals surface area (Å²) < 4.78 is 4.42. The van der Waals surface area contributed by atoms with Gasteiger partial charge >= 0.3 is 0 Å². The minimum Gasteiger partial charge on any atom is -0.280 e. The second kappa shape index (κ2) is 4.42. The average Bonchev–Trinajstić information content (AvgIpc) is 2.53. The molecule has 3 heteroatoms. The van der Waals surface area contributed by atoms with E-state index in [4.69, 9.17) is 0 Å². The first-order valence-corrected chi connectivity index (χ1v) is 6.04. The Labute approximate surface area is 93.5 Å². The normalized spacial score (nSPS) is 26.9. The summed E-state index contributed by atoms with van der Waals surface area (Å²) in [5.41, 5.74) is 1.34. The molecular formula is C12H21BN2. The Morgan fingerprint density at radius 2 is 2.13 bits per heavy atom. The molecule has 0 amide bonds. The highest BCUT2D eigenvalue weighted by Crippen LogP contribution is 2.32. The van der Waals surface area contributed by atoms with E-state index in [2.05, 4.69) is 49.8 Å². The summed E-state index contributed by atoms with van der Waals surface area (Å²) in [5.74, 6) is 1.63. The summed E-state index contributed by atoms with van der Waals surface area (Å²) in [7, 11) is 6.71. The standard InChI is InChI=1S/C12H21BN2/c1-10-6-4-5-7-11(10)13-12-14(2)8-9-15(12)3/h8-11H,4-7H2,1-3H3/t10-,11-/m0/s1. The Bertz CT molecular complexity index is 313. The summed E-state index contributed by atoms with van der Waals surface area (Å²) in [4.78, 5) is 0. The molecule has 0 spiro atoms. The first kappa shape index (κ1) is 10.8. The number of imidazole rings is 1. The highest BCUT2D eigenvalue weighted by atomic mass is 15.1. The fourth-order valence-electron chi connectivity index (χ4n) is 2.62. The zero-order valence-corrected chi connectivity index (χ0v) is 10.1. The van der Waals surface area contributed by atoms with Gasteiger partial charge in [0.2, 0.25) is 0 Å². The molecule has 82 valence electrons. The van der Waals surface area contributed by atoms with Crippen LogP contribution in [0.15, 0.2) is 12.4 Å². The lowest BCUT2D eigenvalue weighted by molar-refractivity contribution is -0.653. The topological polar surface area (TPSA) is 8.81 Å². The molecule has 0 N–H and O–H groups in total. The quantitative estimate of drug-likeness (QED) is 0.505. The van der Waals surface area contributed by atoms with Crippen LogP contribution in [0.4, 0.5) is 0 Å². The van der Waals surface area contributed by atoms with E-state index in [1.165, 1.54) is 31.4 Å². The first-order valence-electron chi connectivity index (χ1n) is 6.04. The molecule has 1 saturated carbocycles. The Balaban J connectivity index is 2.07. The maximum atomic E-state index is 2.46. The fraction of sp³-hybridized carbons (Fsp3) is 0.750. The highest BCUT2D eigenvalue weighted by molar-refractivity contribution is 6.52. The molecule has 2 nitrogen and oxygen atoms in total. The van der Waals surface area contributed by atoms with Crippen LogP contribution < -0.4 is 10.3 Å². The van der Waals surface area contributed by atoms with Crippen molar-refractivity contribution in [3.63, 3.8) is 0 Å². The largest absolute Gasteiger partial charge is 0.280 e. The lowest BCUT2D eigenvalue weighted by Crippen LogP contribution is -2.51. The molecule has 2 rings (SSSR count). The van der Waals surface area contributed by atoms with Gasteiger partial charge in [-0.1, -0.05) is 38.5 Å². The van der Waals surface area contributed by atoms with E-state index in [1.807, 2.05) is 0 Å². The van der Waals surface area contributed by atoms with Crippen molar-refractivity contribution < 1.29 is 4.57 Å². The van der Waals surface area contributed by atoms with Crippen LogP contribution in [0.3, 0.4) is 0 Å². The SMILES string of the molecule is C[C@H]1CCCC[C@@H]1[B-]c1n(C)cc[n+]1C. The minimum absolute atomic E-state index is 0.776. The third-order valence-electron chi connectivity index (χ3n) is 3.78. The van der Waals surface area contributed by atoms with Gasteiger partial charge < -0.3 is 0 Å². The number of aromatic nitrogens is 2. The zero-order chi connectivity index (χ0) is 10.8. The Morgan fingerprint density at radius 3 is 2.73 bits per heavy atom. The molecule has 15 heavy (non-hydrogen) atoms. The maximum absolute atomic E-state index is 2.46. The molecule has 0 bridgehead atoms. The molecule has 0 unspecified atom stereocenters. The predicted molar refractivity (Wildman–Crippen MR) is 63.4 cm³/mol. The smallest absolute Gasteiger partial charge is 0.125 e. The van der Waals surface area contributed by atoms with Crippen LogP contribution in [-0.2, 0) is 14.1 Å². The third-order valence-corrected chi connectivity index (χ3v) is 3.78. The lowest BCUT2D eigenvalue weighted by atomic mass is 9.54. The van der Waals surface area contributed by atoms with Crippen LogP contribution in [-0.4, -0.2) is 11.8 Å². The number of hydrogen-bond acceptors (Lipinski definition) is 0. The van der Waals surface area contributed by atoms with Gasteiger partial charge in [0.25, 0.3) is 0 Å². The average molecular weight is 204 g/mol. The van der Waals surface area contributed by atoms with E-state index in [0.717, 1.165) is 11.7 Å². The summed E-state index contributed by atoms with van der Waals surface area (Å²) in [6, 6.07) is 0. The van der Waals surface area contributed by atoms with E-state index >= 15 is 0 Å². The van der Waals surface area contributed by atoms with Crippen molar-refractivity contribution >= 4 is 13.0 Å². The second-order valence-corrected chi connectivity index (χ2v) is 4.97. The molecule has 1 aromatic heterocycles. The highest BCUT2D eigenvalue weighted by Gasteiger charge is 2.15. The van der Waals surface area contributed by atoms with Gasteiger partial charge in [-0.2, -0.15) is 7.28 Å². The van der Waals surface area contributed by atoms with E-state index in [0.29, 0.717) is 0 Å². The van der Waals surface area contributed by atoms with Crippen LogP contribution in [0, 0.1) is 5.92 Å². The van der Waals surface area contributed by atoms with Crippen LogP contribution in [0.5, 0.6) is 0 Å². The van der Waals surface area contributed by atoms with E-state index in [9.17, 15) is 0 Å². The maximum Gasteiger partial charge on any atom is 0.125 e. The molecule has 2 radical (unpaired) electrons. The summed E-state index contributed by atoms with van der Waals surface area (Å²) in [6.45, 7) is 2.39. The van der Waals surface area contributed by atoms with Crippen molar-refractivity contribution in [1.82, 2.24) is 4.57 Å². The van der Waals surface area contributed by atoms with Crippen LogP contribution in [0.1, 0.15) is 32.6 Å². The van der Waals surface area contributed by atoms with Crippen LogP contribution >= 0.6 is 0 Å². The summed E-state index contributed by atoms with van der Waals surface area (Å²) >= 11 is 0.